The zero-order valence-electron chi connectivity index (χ0n) is 21.0. The van der Waals surface area contributed by atoms with Crippen molar-refractivity contribution in [1.82, 2.24) is 0 Å². The first-order chi connectivity index (χ1) is 19.2. The third-order valence-electron chi connectivity index (χ3n) is 7.85. The molecule has 1 heterocycles. The molecule has 8 rings (SSSR count). The van der Waals surface area contributed by atoms with Gasteiger partial charge in [-0.1, -0.05) is 97.1 Å². The van der Waals surface area contributed by atoms with Crippen molar-refractivity contribution in [3.05, 3.63) is 144 Å². The Hall–Kier alpha value is -4.79. The molecule has 0 aliphatic rings. The molecule has 0 bridgehead atoms. The van der Waals surface area contributed by atoms with Crippen LogP contribution in [0.5, 0.6) is 0 Å². The van der Waals surface area contributed by atoms with E-state index in [1.807, 2.05) is 24.3 Å². The number of benzene rings is 7. The third kappa shape index (κ3) is 3.49. The Labute approximate surface area is 229 Å². The van der Waals surface area contributed by atoms with Crippen molar-refractivity contribution in [1.29, 1.82) is 0 Å². The Kier molecular flexibility index (Phi) is 4.91. The molecule has 8 aromatic rings. The quantitative estimate of drug-likeness (QED) is 0.166. The van der Waals surface area contributed by atoms with Gasteiger partial charge in [0, 0.05) is 20.2 Å². The van der Waals surface area contributed by atoms with Gasteiger partial charge in [-0.15, -0.1) is 11.3 Å². The molecule has 0 atom stereocenters. The molecule has 0 fully saturated rings. The van der Waals surface area contributed by atoms with E-state index in [2.05, 4.69) is 109 Å². The summed E-state index contributed by atoms with van der Waals surface area (Å²) in [4.78, 5) is 13.3. The Bertz CT molecular complexity index is 2270. The molecule has 0 N–H and O–H groups in total. The minimum Gasteiger partial charge on any atom is -0.289 e. The maximum atomic E-state index is 13.3. The van der Waals surface area contributed by atoms with Crippen molar-refractivity contribution in [2.75, 3.05) is 0 Å². The summed E-state index contributed by atoms with van der Waals surface area (Å²) in [7, 11) is 0. The topological polar surface area (TPSA) is 17.1 Å². The second kappa shape index (κ2) is 8.62. The molecular formula is C37H22OS. The lowest BCUT2D eigenvalue weighted by molar-refractivity contribution is 1.62. The molecule has 0 saturated heterocycles. The van der Waals surface area contributed by atoms with E-state index >= 15 is 0 Å². The fraction of sp³-hybridized carbons (Fsp3) is 0. The van der Waals surface area contributed by atoms with Crippen LogP contribution in [0, 0.1) is 0 Å². The normalized spacial score (nSPS) is 11.7. The highest BCUT2D eigenvalue weighted by atomic mass is 32.1. The summed E-state index contributed by atoms with van der Waals surface area (Å²) in [5, 5.41) is 9.24. The molecule has 1 nitrogen and oxygen atoms in total. The maximum Gasteiger partial charge on any atom is 0.195 e. The zero-order valence-corrected chi connectivity index (χ0v) is 21.8. The molecular weight excluding hydrogens is 492 g/mol. The summed E-state index contributed by atoms with van der Waals surface area (Å²) in [6.45, 7) is 0. The van der Waals surface area contributed by atoms with Crippen LogP contribution in [0.4, 0.5) is 0 Å². The molecule has 7 aromatic carbocycles. The smallest absolute Gasteiger partial charge is 0.195 e. The summed E-state index contributed by atoms with van der Waals surface area (Å²) in [6.07, 6.45) is 0. The van der Waals surface area contributed by atoms with Crippen LogP contribution in [-0.4, -0.2) is 0 Å². The van der Waals surface area contributed by atoms with Crippen molar-refractivity contribution in [3.63, 3.8) is 0 Å². The van der Waals surface area contributed by atoms with Crippen molar-refractivity contribution in [2.24, 2.45) is 0 Å². The van der Waals surface area contributed by atoms with Gasteiger partial charge in [-0.25, -0.2) is 0 Å². The van der Waals surface area contributed by atoms with E-state index in [0.29, 0.717) is 0 Å². The highest BCUT2D eigenvalue weighted by Crippen LogP contribution is 2.38. The highest BCUT2D eigenvalue weighted by Gasteiger charge is 2.11. The predicted molar refractivity (Wildman–Crippen MR) is 169 cm³/mol. The van der Waals surface area contributed by atoms with E-state index in [9.17, 15) is 4.79 Å². The second-order valence-electron chi connectivity index (χ2n) is 10.1. The minimum absolute atomic E-state index is 0.103. The molecule has 1 aromatic heterocycles. The average Bonchev–Trinajstić information content (AvgIpc) is 3.01. The van der Waals surface area contributed by atoms with Gasteiger partial charge < -0.3 is 0 Å². The van der Waals surface area contributed by atoms with Gasteiger partial charge in [0.1, 0.15) is 0 Å². The molecule has 0 amide bonds. The fourth-order valence-electron chi connectivity index (χ4n) is 5.95. The first-order valence-electron chi connectivity index (χ1n) is 13.1. The molecule has 0 radical (unpaired) electrons. The van der Waals surface area contributed by atoms with E-state index in [-0.39, 0.29) is 5.43 Å². The van der Waals surface area contributed by atoms with Gasteiger partial charge in [-0.3, -0.25) is 4.79 Å². The molecule has 0 aliphatic heterocycles. The summed E-state index contributed by atoms with van der Waals surface area (Å²) < 4.78 is 2.05. The number of fused-ring (bicyclic) bond motifs is 8. The molecule has 39 heavy (non-hydrogen) atoms. The van der Waals surface area contributed by atoms with Gasteiger partial charge >= 0.3 is 0 Å². The number of hydrogen-bond donors (Lipinski definition) is 0. The lowest BCUT2D eigenvalue weighted by Crippen LogP contribution is -2.00. The summed E-state index contributed by atoms with van der Waals surface area (Å²) in [5.74, 6) is 0. The third-order valence-corrected chi connectivity index (χ3v) is 9.00. The van der Waals surface area contributed by atoms with Crippen LogP contribution in [0.15, 0.2) is 138 Å². The first-order valence-corrected chi connectivity index (χ1v) is 14.0. The van der Waals surface area contributed by atoms with Crippen LogP contribution >= 0.6 is 11.3 Å². The Morgan fingerprint density at radius 3 is 1.46 bits per heavy atom. The van der Waals surface area contributed by atoms with E-state index < -0.39 is 0 Å². The van der Waals surface area contributed by atoms with Gasteiger partial charge in [-0.05, 0) is 91.0 Å². The number of hydrogen-bond acceptors (Lipinski definition) is 2. The van der Waals surface area contributed by atoms with Crippen molar-refractivity contribution < 1.29 is 0 Å². The lowest BCUT2D eigenvalue weighted by atomic mass is 9.91. The summed E-state index contributed by atoms with van der Waals surface area (Å²) in [5.41, 5.74) is 4.61. The van der Waals surface area contributed by atoms with Crippen LogP contribution in [0.2, 0.25) is 0 Å². The molecule has 0 spiro atoms. The molecule has 0 aliphatic carbocycles. The largest absolute Gasteiger partial charge is 0.289 e. The van der Waals surface area contributed by atoms with Crippen LogP contribution in [0.1, 0.15) is 0 Å². The molecule has 2 heteroatoms. The van der Waals surface area contributed by atoms with Crippen LogP contribution in [-0.2, 0) is 0 Å². The van der Waals surface area contributed by atoms with Gasteiger partial charge in [0.05, 0.1) is 0 Å². The highest BCUT2D eigenvalue weighted by molar-refractivity contribution is 7.24. The van der Waals surface area contributed by atoms with Gasteiger partial charge in [-0.2, -0.15) is 0 Å². The number of rotatable bonds is 2. The fourth-order valence-corrected chi connectivity index (χ4v) is 7.00. The van der Waals surface area contributed by atoms with Gasteiger partial charge in [0.25, 0.3) is 0 Å². The predicted octanol–water partition coefficient (Wildman–Crippen LogP) is 10.2. The second-order valence-corrected chi connectivity index (χ2v) is 11.2. The Morgan fingerprint density at radius 1 is 0.333 bits per heavy atom. The van der Waals surface area contributed by atoms with Crippen molar-refractivity contribution in [3.8, 4) is 22.3 Å². The van der Waals surface area contributed by atoms with Crippen LogP contribution in [0.25, 0.3) is 74.7 Å². The SMILES string of the molecule is O=c1c2ccccc2sc2ccc(-c3cccc(-c4ccc5c6ccccc6c6ccccc6c5c4)c3)cc12. The maximum absolute atomic E-state index is 13.3. The van der Waals surface area contributed by atoms with E-state index in [1.54, 1.807) is 11.3 Å². The summed E-state index contributed by atoms with van der Waals surface area (Å²) in [6, 6.07) is 47.0. The minimum atomic E-state index is 0.103. The first kappa shape index (κ1) is 22.2. The Morgan fingerprint density at radius 2 is 0.795 bits per heavy atom. The van der Waals surface area contributed by atoms with Crippen LogP contribution in [0.3, 0.4) is 0 Å². The molecule has 182 valence electrons. The van der Waals surface area contributed by atoms with Crippen molar-refractivity contribution >= 4 is 63.8 Å². The summed E-state index contributed by atoms with van der Waals surface area (Å²) >= 11 is 1.67. The molecule has 0 unspecified atom stereocenters. The van der Waals surface area contributed by atoms with E-state index in [4.69, 9.17) is 0 Å². The van der Waals surface area contributed by atoms with Crippen LogP contribution < -0.4 is 5.43 Å². The standard InChI is InChI=1S/C37H22OS/c38-37-32-14-5-6-15-35(32)39-36-19-17-26(22-34(36)37)24-9-7-8-23(20-24)25-16-18-31-29-12-2-1-10-27(29)28-11-3-4-13-30(28)33(31)21-25/h1-22H. The monoisotopic (exact) mass is 514 g/mol. The van der Waals surface area contributed by atoms with E-state index in [0.717, 1.165) is 36.9 Å². The van der Waals surface area contributed by atoms with Gasteiger partial charge in [0.15, 0.2) is 5.43 Å². The zero-order chi connectivity index (χ0) is 25.9. The molecule has 0 saturated carbocycles. The van der Waals surface area contributed by atoms with E-state index in [1.165, 1.54) is 37.9 Å². The average molecular weight is 515 g/mol. The Balaban J connectivity index is 1.30. The lowest BCUT2D eigenvalue weighted by Gasteiger charge is -2.12. The van der Waals surface area contributed by atoms with Gasteiger partial charge in [0.2, 0.25) is 0 Å². The van der Waals surface area contributed by atoms with Crippen molar-refractivity contribution in [2.45, 2.75) is 0 Å².